The summed E-state index contributed by atoms with van der Waals surface area (Å²) in [6, 6.07) is 21.9. The standard InChI is InChI=1S/C32H31ClN12O4.C30H24ClF2N9O2/c1-44(2)28-15-21-14-24(39-29(46)10-4-18-12-19(33)5-8-26(18)45-17-35-42-43-45)31-34-16-25(40-31)22-7-6-20(37-32(48)49-3)13-23(22)38-30(47)11-9-27(36-21)41-28;1-16-2-4-18-23(12-16)37-28(44)11-8-22-21(32)7-3-17(36-22)13-24(30-34-14-25(18)39-30)38-27(43)10-5-19-26(42-15-35-40-41-42)9-6-20(31)29(19)33/h4-8,10,12-13,15-17,24H,9,11,14H2,1-3H3,(H,34,40)(H,37,48)(H,38,47)(H,39,46);2-7,9-10,12,14-15,24H,8,11,13H2,1H3,(H,34,39)(H,37,44)(H,38,43)/b10-4+;10-5+/t24-;/m0./s1. The number of carbonyl (C=O) groups excluding carboxylic acids is 5. The van der Waals surface area contributed by atoms with Gasteiger partial charge >= 0.3 is 6.09 Å². The molecule has 12 rings (SSSR count). The van der Waals surface area contributed by atoms with E-state index in [1.54, 1.807) is 54.9 Å². The normalized spacial score (nSPS) is 14.7. The maximum Gasteiger partial charge on any atom is 0.411 e. The van der Waals surface area contributed by atoms with E-state index >= 15 is 4.39 Å². The van der Waals surface area contributed by atoms with Gasteiger partial charge in [0.25, 0.3) is 0 Å². The van der Waals surface area contributed by atoms with Gasteiger partial charge < -0.3 is 40.9 Å². The molecular weight excluding hydrogens is 1240 g/mol. The van der Waals surface area contributed by atoms with Crippen molar-refractivity contribution in [2.75, 3.05) is 42.1 Å². The summed E-state index contributed by atoms with van der Waals surface area (Å²) in [5.41, 5.74) is 7.63. The van der Waals surface area contributed by atoms with Crippen LogP contribution in [0.4, 0.5) is 36.5 Å². The molecule has 0 fully saturated rings. The van der Waals surface area contributed by atoms with Gasteiger partial charge in [0, 0.05) is 115 Å². The number of anilines is 4. The number of hydrogen-bond donors (Lipinski definition) is 7. The summed E-state index contributed by atoms with van der Waals surface area (Å²) in [6.07, 6.45) is 11.6. The lowest BCUT2D eigenvalue weighted by molar-refractivity contribution is -0.118. The molecule has 7 N–H and O–H groups in total. The third-order valence-corrected chi connectivity index (χ3v) is 15.1. The van der Waals surface area contributed by atoms with E-state index < -0.39 is 41.6 Å². The molecule has 2 aliphatic rings. The zero-order valence-electron chi connectivity index (χ0n) is 49.8. The van der Waals surface area contributed by atoms with Gasteiger partial charge in [0.15, 0.2) is 5.82 Å². The summed E-state index contributed by atoms with van der Waals surface area (Å²) in [4.78, 5) is 95.9. The highest BCUT2D eigenvalue weighted by atomic mass is 35.5. The van der Waals surface area contributed by atoms with Crippen LogP contribution in [0.3, 0.4) is 0 Å². The molecular formula is C62H55Cl2F2N21O6. The molecule has 5 amide bonds. The van der Waals surface area contributed by atoms with Gasteiger partial charge in [-0.3, -0.25) is 29.5 Å². The molecule has 6 aromatic heterocycles. The van der Waals surface area contributed by atoms with Gasteiger partial charge in [-0.15, -0.1) is 10.2 Å². The van der Waals surface area contributed by atoms with Crippen molar-refractivity contribution >= 4 is 88.0 Å². The molecule has 27 nitrogen and oxygen atoms in total. The fourth-order valence-electron chi connectivity index (χ4n) is 10.0. The minimum absolute atomic E-state index is 0.00466. The minimum Gasteiger partial charge on any atom is -0.453 e. The molecule has 10 aromatic rings. The van der Waals surface area contributed by atoms with Crippen molar-refractivity contribution in [1.82, 2.24) is 85.9 Å². The predicted molar refractivity (Wildman–Crippen MR) is 339 cm³/mol. The summed E-state index contributed by atoms with van der Waals surface area (Å²) in [7, 11) is 4.98. The number of ether oxygens (including phenoxy) is 1. The third-order valence-electron chi connectivity index (χ3n) is 14.6. The lowest BCUT2D eigenvalue weighted by Gasteiger charge is -2.19. The van der Waals surface area contributed by atoms with Crippen molar-refractivity contribution in [2.45, 2.75) is 57.5 Å². The molecule has 93 heavy (non-hydrogen) atoms. The lowest BCUT2D eigenvalue weighted by atomic mass is 10.1. The van der Waals surface area contributed by atoms with Gasteiger partial charge in [-0.2, -0.15) is 9.36 Å². The quantitative estimate of drug-likeness (QED) is 0.0631. The number of aromatic nitrogens is 15. The van der Waals surface area contributed by atoms with Crippen LogP contribution in [-0.2, 0) is 49.6 Å². The average Bonchev–Trinajstić information content (AvgIpc) is 2.35. The number of nitrogens with one attached hydrogen (secondary N) is 7. The lowest BCUT2D eigenvalue weighted by Crippen LogP contribution is -2.30. The Morgan fingerprint density at radius 1 is 0.688 bits per heavy atom. The zero-order valence-corrected chi connectivity index (χ0v) is 51.3. The molecule has 1 unspecified atom stereocenters. The Morgan fingerprint density at radius 2 is 1.31 bits per heavy atom. The van der Waals surface area contributed by atoms with E-state index in [0.29, 0.717) is 90.5 Å². The largest absolute Gasteiger partial charge is 0.453 e. The minimum atomic E-state index is -0.749. The smallest absolute Gasteiger partial charge is 0.411 e. The molecule has 0 saturated carbocycles. The fraction of sp³-hybridized carbons (Fsp3) is 0.194. The highest BCUT2D eigenvalue weighted by Crippen LogP contribution is 2.34. The van der Waals surface area contributed by atoms with Gasteiger partial charge in [0.05, 0.1) is 76.4 Å². The Morgan fingerprint density at radius 3 is 1.97 bits per heavy atom. The first-order chi connectivity index (χ1) is 44.9. The van der Waals surface area contributed by atoms with E-state index in [1.165, 1.54) is 65.5 Å². The van der Waals surface area contributed by atoms with Crippen LogP contribution >= 0.6 is 23.2 Å². The Labute approximate surface area is 537 Å². The molecule has 2 atom stereocenters. The monoisotopic (exact) mass is 1300 g/mol. The van der Waals surface area contributed by atoms with E-state index in [1.807, 2.05) is 50.2 Å². The SMILES string of the molecule is COC(=O)Nc1ccc2c(c1)NC(=O)CCc1nc(cc(N(C)C)n1)C[C@H](NC(=O)/C=C/c1cc(Cl)ccc1-n1cnnn1)c1ncc-2[nH]1.Cc1ccc2c(c1)NC(=O)CCc1nc(ccc1F)CC(NC(=O)/C=C/c1c(-n3cnnn3)ccc(Cl)c1F)c1ncc-2[nH]1. The Kier molecular flexibility index (Phi) is 19.1. The second kappa shape index (κ2) is 28.2. The fourth-order valence-corrected chi connectivity index (χ4v) is 10.4. The summed E-state index contributed by atoms with van der Waals surface area (Å²) in [5.74, 6) is -0.836. The van der Waals surface area contributed by atoms with Crippen LogP contribution in [0.2, 0.25) is 10.0 Å². The second-order valence-electron chi connectivity index (χ2n) is 21.3. The maximum atomic E-state index is 15.0. The van der Waals surface area contributed by atoms with Crippen molar-refractivity contribution in [3.63, 3.8) is 0 Å². The van der Waals surface area contributed by atoms with Crippen LogP contribution in [0.5, 0.6) is 0 Å². The van der Waals surface area contributed by atoms with E-state index in [9.17, 15) is 28.4 Å². The van der Waals surface area contributed by atoms with Crippen LogP contribution in [-0.4, -0.2) is 126 Å². The molecule has 0 saturated heterocycles. The van der Waals surface area contributed by atoms with Crippen LogP contribution in [0, 0.1) is 18.6 Å². The molecule has 8 bridgehead atoms. The molecule has 0 aliphatic carbocycles. The summed E-state index contributed by atoms with van der Waals surface area (Å²) >= 11 is 12.3. The van der Waals surface area contributed by atoms with Gasteiger partial charge in [-0.25, -0.2) is 33.5 Å². The Balaban J connectivity index is 0.000000191. The number of benzene rings is 4. The summed E-state index contributed by atoms with van der Waals surface area (Å²) in [6.45, 7) is 1.90. The number of carbonyl (C=O) groups is 5. The van der Waals surface area contributed by atoms with Gasteiger partial charge in [-0.1, -0.05) is 35.3 Å². The van der Waals surface area contributed by atoms with Gasteiger partial charge in [0.1, 0.15) is 41.8 Å². The first-order valence-electron chi connectivity index (χ1n) is 28.6. The van der Waals surface area contributed by atoms with Crippen molar-refractivity contribution in [3.05, 3.63) is 195 Å². The molecule has 31 heteroatoms. The van der Waals surface area contributed by atoms with Crippen LogP contribution in [0.25, 0.3) is 46.0 Å². The summed E-state index contributed by atoms with van der Waals surface area (Å²) < 4.78 is 37.1. The number of fused-ring (bicyclic) bond motifs is 12. The van der Waals surface area contributed by atoms with E-state index in [0.717, 1.165) is 11.6 Å². The summed E-state index contributed by atoms with van der Waals surface area (Å²) in [5, 5.41) is 37.0. The Hall–Kier alpha value is -11.5. The number of nitrogens with zero attached hydrogens (tertiary/aromatic N) is 14. The molecule has 0 radical (unpaired) electrons. The van der Waals surface area contributed by atoms with Crippen molar-refractivity contribution in [1.29, 1.82) is 0 Å². The van der Waals surface area contributed by atoms with E-state index in [2.05, 4.69) is 87.5 Å². The number of amides is 5. The Bertz CT molecular complexity index is 4520. The highest BCUT2D eigenvalue weighted by Gasteiger charge is 2.26. The van der Waals surface area contributed by atoms with Gasteiger partial charge in [0.2, 0.25) is 23.6 Å². The van der Waals surface area contributed by atoms with Crippen LogP contribution in [0.1, 0.15) is 76.2 Å². The number of pyridine rings is 1. The number of H-pyrrole nitrogens is 2. The number of imidazole rings is 2. The number of tetrazole rings is 2. The molecule has 8 heterocycles. The van der Waals surface area contributed by atoms with Crippen molar-refractivity contribution in [3.8, 4) is 33.9 Å². The molecule has 2 aliphatic heterocycles. The second-order valence-corrected chi connectivity index (χ2v) is 22.2. The van der Waals surface area contributed by atoms with E-state index in [4.69, 9.17) is 32.9 Å². The predicted octanol–water partition coefficient (Wildman–Crippen LogP) is 8.42. The van der Waals surface area contributed by atoms with Crippen molar-refractivity contribution < 1.29 is 37.5 Å². The van der Waals surface area contributed by atoms with Crippen LogP contribution in [0.15, 0.2) is 122 Å². The molecule has 472 valence electrons. The third kappa shape index (κ3) is 15.4. The topological polar surface area (TPSA) is 341 Å². The maximum absolute atomic E-state index is 15.0. The number of halogens is 4. The van der Waals surface area contributed by atoms with E-state index in [-0.39, 0.29) is 72.3 Å². The van der Waals surface area contributed by atoms with Gasteiger partial charge in [-0.05, 0) is 112 Å². The average molecular weight is 1300 g/mol. The molecule has 4 aromatic carbocycles. The first-order valence-corrected chi connectivity index (χ1v) is 29.4. The zero-order chi connectivity index (χ0) is 65.3. The number of methoxy groups -OCH3 is 1. The number of rotatable bonds is 10. The van der Waals surface area contributed by atoms with Crippen molar-refractivity contribution in [2.24, 2.45) is 0 Å². The number of hydrogen-bond acceptors (Lipinski definition) is 18. The highest BCUT2D eigenvalue weighted by molar-refractivity contribution is 6.31. The number of aromatic amines is 2. The van der Waals surface area contributed by atoms with Crippen LogP contribution < -0.4 is 31.5 Å². The molecule has 0 spiro atoms. The number of aryl methyl sites for hydroxylation is 3. The first kappa shape index (κ1) is 63.1.